The Labute approximate surface area is 239 Å². The molecule has 1 aliphatic rings. The van der Waals surface area contributed by atoms with Gasteiger partial charge < -0.3 is 9.16 Å². The first-order valence-corrected chi connectivity index (χ1v) is 17.1. The minimum Gasteiger partial charge on any atom is -0.469 e. The monoisotopic (exact) mass is 580 g/mol. The van der Waals surface area contributed by atoms with Crippen molar-refractivity contribution in [2.75, 3.05) is 7.11 Å². The van der Waals surface area contributed by atoms with Crippen LogP contribution in [0.5, 0.6) is 0 Å². The first-order chi connectivity index (χ1) is 18.9. The largest absolute Gasteiger partial charge is 0.469 e. The molecule has 0 spiro atoms. The van der Waals surface area contributed by atoms with Gasteiger partial charge in [-0.05, 0) is 47.3 Å². The van der Waals surface area contributed by atoms with Crippen molar-refractivity contribution >= 4 is 34.8 Å². The molecule has 0 radical (unpaired) electrons. The lowest BCUT2D eigenvalue weighted by atomic mass is 9.79. The molecule has 0 N–H and O–H groups in total. The molecule has 0 amide bonds. The Bertz CT molecular complexity index is 1350. The van der Waals surface area contributed by atoms with Crippen molar-refractivity contribution in [3.05, 3.63) is 90.5 Å². The second-order valence-corrected chi connectivity index (χ2v) is 17.6. The predicted molar refractivity (Wildman–Crippen MR) is 160 cm³/mol. The van der Waals surface area contributed by atoms with Gasteiger partial charge >= 0.3 is 5.97 Å². The third-order valence-corrected chi connectivity index (χ3v) is 14.5. The highest BCUT2D eigenvalue weighted by Gasteiger charge is 2.54. The fraction of sp³-hybridized carbons (Fsp3) is 0.406. The smallest absolute Gasteiger partial charge is 0.308 e. The van der Waals surface area contributed by atoms with Gasteiger partial charge in [-0.15, -0.1) is 0 Å². The Morgan fingerprint density at radius 2 is 1.32 bits per heavy atom. The third-order valence-electron chi connectivity index (χ3n) is 8.05. The molecule has 0 bridgehead atoms. The number of hydrogen-bond acceptors (Lipinski definition) is 6. The van der Waals surface area contributed by atoms with E-state index in [1.807, 2.05) is 50.2 Å². The molecular formula is C32H40O6SSi. The number of rotatable bonds is 8. The van der Waals surface area contributed by atoms with Crippen molar-refractivity contribution < 1.29 is 26.6 Å². The van der Waals surface area contributed by atoms with Crippen LogP contribution in [0.25, 0.3) is 0 Å². The van der Waals surface area contributed by atoms with E-state index in [-0.39, 0.29) is 28.2 Å². The highest BCUT2D eigenvalue weighted by molar-refractivity contribution is 7.86. The zero-order valence-electron chi connectivity index (χ0n) is 24.2. The Morgan fingerprint density at radius 1 is 0.825 bits per heavy atom. The molecule has 6 nitrogen and oxygen atoms in total. The van der Waals surface area contributed by atoms with Gasteiger partial charge in [-0.3, -0.25) is 8.98 Å². The molecule has 4 rings (SSSR count). The van der Waals surface area contributed by atoms with Gasteiger partial charge in [0.1, 0.15) is 0 Å². The molecule has 0 heterocycles. The van der Waals surface area contributed by atoms with Crippen molar-refractivity contribution in [1.82, 2.24) is 0 Å². The number of aryl methyl sites for hydroxylation is 1. The van der Waals surface area contributed by atoms with Crippen LogP contribution in [0.4, 0.5) is 0 Å². The Morgan fingerprint density at radius 3 is 1.80 bits per heavy atom. The molecule has 1 aliphatic carbocycles. The normalized spacial score (nSPS) is 22.1. The molecule has 1 fully saturated rings. The standard InChI is InChI=1S/C32H40O6SSi/c1-23-17-19-26(20-18-23)39(34,35)37-29-21-25(31(33)36-6)22-30(24(29)2)38-40(32(3,4)5,27-13-9-7-10-14-27)28-15-11-8-12-16-28/h7-20,24-25,29-30H,21-22H2,1-6H3/t24-,25+,29?,30-/m0/s1. The van der Waals surface area contributed by atoms with Crippen LogP contribution < -0.4 is 10.4 Å². The lowest BCUT2D eigenvalue weighted by Crippen LogP contribution is -2.68. The summed E-state index contributed by atoms with van der Waals surface area (Å²) in [5, 5.41) is 1.95. The number of benzene rings is 3. The van der Waals surface area contributed by atoms with E-state index in [9.17, 15) is 13.2 Å². The quantitative estimate of drug-likeness (QED) is 0.206. The molecule has 40 heavy (non-hydrogen) atoms. The van der Waals surface area contributed by atoms with E-state index in [0.717, 1.165) is 15.9 Å². The molecular weight excluding hydrogens is 540 g/mol. The lowest BCUT2D eigenvalue weighted by molar-refractivity contribution is -0.150. The van der Waals surface area contributed by atoms with Crippen LogP contribution in [-0.2, 0) is 28.3 Å². The second kappa shape index (κ2) is 12.0. The number of carbonyl (C=O) groups is 1. The zero-order chi connectivity index (χ0) is 29.1. The molecule has 0 aliphatic heterocycles. The number of ether oxygens (including phenoxy) is 1. The fourth-order valence-corrected chi connectivity index (χ4v) is 11.7. The van der Waals surface area contributed by atoms with Gasteiger partial charge in [-0.25, -0.2) is 0 Å². The SMILES string of the molecule is COC(=O)[C@@H]1CC(OS(=O)(=O)c2ccc(C)cc2)[C@H](C)[C@@H](O[Si](c2ccccc2)(c2ccccc2)C(C)(C)C)C1. The van der Waals surface area contributed by atoms with Crippen molar-refractivity contribution in [2.45, 2.75) is 69.6 Å². The molecule has 1 unspecified atom stereocenters. The van der Waals surface area contributed by atoms with Crippen LogP contribution in [0, 0.1) is 18.8 Å². The Balaban J connectivity index is 1.78. The summed E-state index contributed by atoms with van der Waals surface area (Å²) in [6, 6.07) is 27.1. The van der Waals surface area contributed by atoms with Crippen molar-refractivity contribution in [2.24, 2.45) is 11.8 Å². The van der Waals surface area contributed by atoms with Crippen molar-refractivity contribution in [3.8, 4) is 0 Å². The van der Waals surface area contributed by atoms with Gasteiger partial charge in [0.2, 0.25) is 0 Å². The van der Waals surface area contributed by atoms with Gasteiger partial charge in [0.25, 0.3) is 18.4 Å². The van der Waals surface area contributed by atoms with Crippen LogP contribution in [0.3, 0.4) is 0 Å². The summed E-state index contributed by atoms with van der Waals surface area (Å²) in [4.78, 5) is 13.0. The van der Waals surface area contributed by atoms with Crippen LogP contribution in [0.1, 0.15) is 46.1 Å². The summed E-state index contributed by atoms with van der Waals surface area (Å²) < 4.78 is 45.0. The van der Waals surface area contributed by atoms with E-state index < -0.39 is 36.6 Å². The average Bonchev–Trinajstić information content (AvgIpc) is 2.93. The molecule has 8 heteroatoms. The topological polar surface area (TPSA) is 78.9 Å². The van der Waals surface area contributed by atoms with Gasteiger partial charge in [0, 0.05) is 5.92 Å². The van der Waals surface area contributed by atoms with Crippen LogP contribution in [0.2, 0.25) is 5.04 Å². The minimum atomic E-state index is -4.06. The van der Waals surface area contributed by atoms with Crippen molar-refractivity contribution in [1.29, 1.82) is 0 Å². The van der Waals surface area contributed by atoms with Gasteiger partial charge in [-0.2, -0.15) is 8.42 Å². The zero-order valence-corrected chi connectivity index (χ0v) is 26.0. The second-order valence-electron chi connectivity index (χ2n) is 11.8. The maximum absolute atomic E-state index is 13.3. The van der Waals surface area contributed by atoms with E-state index in [0.29, 0.717) is 6.42 Å². The van der Waals surface area contributed by atoms with E-state index in [1.165, 1.54) is 7.11 Å². The molecule has 3 aromatic rings. The summed E-state index contributed by atoms with van der Waals surface area (Å²) >= 11 is 0. The van der Waals surface area contributed by atoms with E-state index in [4.69, 9.17) is 13.3 Å². The summed E-state index contributed by atoms with van der Waals surface area (Å²) in [5.41, 5.74) is 0.953. The van der Waals surface area contributed by atoms with Crippen LogP contribution in [0.15, 0.2) is 89.8 Å². The maximum Gasteiger partial charge on any atom is 0.308 e. The van der Waals surface area contributed by atoms with Crippen LogP contribution >= 0.6 is 0 Å². The van der Waals surface area contributed by atoms with E-state index in [1.54, 1.807) is 24.3 Å². The number of methoxy groups -OCH3 is 1. The third kappa shape index (κ3) is 6.10. The highest BCUT2D eigenvalue weighted by atomic mass is 32.2. The predicted octanol–water partition coefficient (Wildman–Crippen LogP) is 5.23. The Kier molecular flexibility index (Phi) is 9.04. The summed E-state index contributed by atoms with van der Waals surface area (Å²) in [5.74, 6) is -1.24. The van der Waals surface area contributed by atoms with Crippen LogP contribution in [-0.4, -0.2) is 42.0 Å². The molecule has 4 atom stereocenters. The fourth-order valence-electron chi connectivity index (χ4n) is 5.81. The number of hydrogen-bond donors (Lipinski definition) is 0. The summed E-state index contributed by atoms with van der Waals surface area (Å²) in [6.07, 6.45) is -0.544. The molecule has 0 aromatic heterocycles. The maximum atomic E-state index is 13.3. The van der Waals surface area contributed by atoms with Crippen molar-refractivity contribution in [3.63, 3.8) is 0 Å². The van der Waals surface area contributed by atoms with Gasteiger partial charge in [0.05, 0.1) is 30.1 Å². The molecule has 1 saturated carbocycles. The average molecular weight is 581 g/mol. The van der Waals surface area contributed by atoms with E-state index in [2.05, 4.69) is 45.0 Å². The van der Waals surface area contributed by atoms with Gasteiger partial charge in [0.15, 0.2) is 0 Å². The molecule has 0 saturated heterocycles. The first kappa shape index (κ1) is 30.2. The number of carbonyl (C=O) groups excluding carboxylic acids is 1. The highest BCUT2D eigenvalue weighted by Crippen LogP contribution is 2.42. The van der Waals surface area contributed by atoms with E-state index >= 15 is 0 Å². The summed E-state index contributed by atoms with van der Waals surface area (Å²) in [6.45, 7) is 10.4. The first-order valence-electron chi connectivity index (χ1n) is 13.8. The van der Waals surface area contributed by atoms with Gasteiger partial charge in [-0.1, -0.05) is 106 Å². The number of esters is 1. The Hall–Kier alpha value is -2.78. The molecule has 214 valence electrons. The molecule has 3 aromatic carbocycles. The lowest BCUT2D eigenvalue weighted by Gasteiger charge is -2.48. The minimum absolute atomic E-state index is 0.0925. The summed E-state index contributed by atoms with van der Waals surface area (Å²) in [7, 11) is -5.67.